The Morgan fingerprint density at radius 3 is 2.58 bits per heavy atom. The van der Waals surface area contributed by atoms with Crippen molar-refractivity contribution in [1.82, 2.24) is 4.31 Å². The van der Waals surface area contributed by atoms with Gasteiger partial charge in [0.1, 0.15) is 10.6 Å². The van der Waals surface area contributed by atoms with Gasteiger partial charge in [0.2, 0.25) is 15.9 Å². The molecule has 0 saturated carbocycles. The van der Waals surface area contributed by atoms with Gasteiger partial charge < -0.3 is 10.5 Å². The molecule has 19 heavy (non-hydrogen) atoms. The molecule has 2 N–H and O–H groups in total. The largest absolute Gasteiger partial charge is 0.495 e. The first-order valence-electron chi connectivity index (χ1n) is 5.45. The lowest BCUT2D eigenvalue weighted by atomic mass is 10.3. The van der Waals surface area contributed by atoms with Gasteiger partial charge in [-0.3, -0.25) is 4.79 Å². The summed E-state index contributed by atoms with van der Waals surface area (Å²) in [4.78, 5) is 10.9. The fourth-order valence-corrected chi connectivity index (χ4v) is 3.64. The highest BCUT2D eigenvalue weighted by Gasteiger charge is 2.27. The number of nitrogens with two attached hydrogens (primary N) is 1. The summed E-state index contributed by atoms with van der Waals surface area (Å²) in [7, 11) is -2.45. The number of halogens is 1. The zero-order valence-electron chi connectivity index (χ0n) is 10.6. The normalized spacial score (nSPS) is 11.6. The van der Waals surface area contributed by atoms with Gasteiger partial charge in [0.05, 0.1) is 13.7 Å². The van der Waals surface area contributed by atoms with E-state index in [9.17, 15) is 13.2 Å². The Balaban J connectivity index is 3.32. The Kier molecular flexibility index (Phi) is 5.33. The molecule has 0 atom stereocenters. The molecule has 0 aliphatic rings. The lowest BCUT2D eigenvalue weighted by molar-refractivity contribution is -0.118. The van der Waals surface area contributed by atoms with Crippen LogP contribution in [0.25, 0.3) is 0 Å². The van der Waals surface area contributed by atoms with Crippen molar-refractivity contribution >= 4 is 31.9 Å². The van der Waals surface area contributed by atoms with E-state index >= 15 is 0 Å². The van der Waals surface area contributed by atoms with Crippen molar-refractivity contribution in [2.75, 3.05) is 20.2 Å². The number of sulfonamides is 1. The van der Waals surface area contributed by atoms with E-state index in [1.165, 1.54) is 19.2 Å². The molecule has 106 valence electrons. The van der Waals surface area contributed by atoms with Crippen LogP contribution in [0.15, 0.2) is 27.6 Å². The Hall–Kier alpha value is -1.12. The molecule has 0 unspecified atom stereocenters. The molecule has 0 aromatic heterocycles. The van der Waals surface area contributed by atoms with E-state index in [1.54, 1.807) is 13.0 Å². The molecule has 1 aromatic rings. The van der Waals surface area contributed by atoms with Gasteiger partial charge in [-0.1, -0.05) is 22.9 Å². The number of carbonyl (C=O) groups excluding carboxylic acids is 1. The number of benzene rings is 1. The summed E-state index contributed by atoms with van der Waals surface area (Å²) in [5, 5.41) is 0. The highest BCUT2D eigenvalue weighted by atomic mass is 79.9. The third-order valence-corrected chi connectivity index (χ3v) is 4.86. The minimum Gasteiger partial charge on any atom is -0.495 e. The van der Waals surface area contributed by atoms with Gasteiger partial charge in [0, 0.05) is 11.0 Å². The van der Waals surface area contributed by atoms with Gasteiger partial charge in [-0.05, 0) is 18.2 Å². The van der Waals surface area contributed by atoms with Gasteiger partial charge >= 0.3 is 0 Å². The summed E-state index contributed by atoms with van der Waals surface area (Å²) in [6.07, 6.45) is 0. The van der Waals surface area contributed by atoms with Crippen LogP contribution in [-0.4, -0.2) is 38.8 Å². The van der Waals surface area contributed by atoms with Crippen molar-refractivity contribution in [1.29, 1.82) is 0 Å². The summed E-state index contributed by atoms with van der Waals surface area (Å²) in [5.74, 6) is -0.495. The van der Waals surface area contributed by atoms with Crippen molar-refractivity contribution in [3.8, 4) is 5.75 Å². The Morgan fingerprint density at radius 2 is 2.11 bits per heavy atom. The Morgan fingerprint density at radius 1 is 1.47 bits per heavy atom. The maximum absolute atomic E-state index is 12.4. The van der Waals surface area contributed by atoms with Crippen LogP contribution in [0, 0.1) is 0 Å². The van der Waals surface area contributed by atoms with Crippen LogP contribution < -0.4 is 10.5 Å². The van der Waals surface area contributed by atoms with Gasteiger partial charge in [-0.25, -0.2) is 8.42 Å². The number of carbonyl (C=O) groups is 1. The molecule has 0 saturated heterocycles. The predicted octanol–water partition coefficient (Wildman–Crippen LogP) is 0.954. The average Bonchev–Trinajstić information content (AvgIpc) is 2.35. The van der Waals surface area contributed by atoms with E-state index < -0.39 is 15.9 Å². The monoisotopic (exact) mass is 350 g/mol. The number of amides is 1. The molecule has 1 aromatic carbocycles. The van der Waals surface area contributed by atoms with Crippen molar-refractivity contribution in [2.45, 2.75) is 11.8 Å². The first-order chi connectivity index (χ1) is 8.82. The second-order valence-electron chi connectivity index (χ2n) is 3.69. The minimum atomic E-state index is -3.83. The first kappa shape index (κ1) is 15.9. The maximum atomic E-state index is 12.4. The number of methoxy groups -OCH3 is 1. The van der Waals surface area contributed by atoms with E-state index in [1.807, 2.05) is 0 Å². The molecule has 0 fully saturated rings. The molecule has 8 heteroatoms. The number of hydrogen-bond donors (Lipinski definition) is 1. The molecule has 0 spiro atoms. The number of ether oxygens (including phenoxy) is 1. The molecule has 6 nitrogen and oxygen atoms in total. The van der Waals surface area contributed by atoms with Crippen LogP contribution >= 0.6 is 15.9 Å². The zero-order chi connectivity index (χ0) is 14.6. The van der Waals surface area contributed by atoms with Crippen LogP contribution in [0.2, 0.25) is 0 Å². The fourth-order valence-electron chi connectivity index (χ4n) is 1.53. The molecule has 0 aliphatic carbocycles. The lowest BCUT2D eigenvalue weighted by Crippen LogP contribution is -2.38. The number of likely N-dealkylation sites (N-methyl/N-ethyl adjacent to an activating group) is 1. The van der Waals surface area contributed by atoms with E-state index in [0.717, 1.165) is 4.31 Å². The second kappa shape index (κ2) is 6.36. The Bertz CT molecular complexity index is 574. The van der Waals surface area contributed by atoms with Gasteiger partial charge in [-0.2, -0.15) is 4.31 Å². The van der Waals surface area contributed by atoms with E-state index in [4.69, 9.17) is 10.5 Å². The van der Waals surface area contributed by atoms with Crippen molar-refractivity contribution < 1.29 is 17.9 Å². The lowest BCUT2D eigenvalue weighted by Gasteiger charge is -2.20. The van der Waals surface area contributed by atoms with Gasteiger partial charge in [0.25, 0.3) is 0 Å². The summed E-state index contributed by atoms with van der Waals surface area (Å²) in [6.45, 7) is 1.40. The number of hydrogen-bond acceptors (Lipinski definition) is 4. The summed E-state index contributed by atoms with van der Waals surface area (Å²) in [5.41, 5.74) is 5.06. The molecule has 0 aliphatic heterocycles. The molecular formula is C11H15BrN2O4S. The SMILES string of the molecule is CCN(CC(N)=O)S(=O)(=O)c1cc(Br)ccc1OC. The zero-order valence-corrected chi connectivity index (χ0v) is 13.0. The highest BCUT2D eigenvalue weighted by molar-refractivity contribution is 9.10. The van der Waals surface area contributed by atoms with Crippen LogP contribution in [0.4, 0.5) is 0 Å². The Labute approximate surface area is 120 Å². The van der Waals surface area contributed by atoms with Crippen molar-refractivity contribution in [3.05, 3.63) is 22.7 Å². The first-order valence-corrected chi connectivity index (χ1v) is 7.68. The van der Waals surface area contributed by atoms with Gasteiger partial charge in [0.15, 0.2) is 0 Å². The van der Waals surface area contributed by atoms with E-state index in [2.05, 4.69) is 15.9 Å². The maximum Gasteiger partial charge on any atom is 0.247 e. The predicted molar refractivity (Wildman–Crippen MR) is 74.3 cm³/mol. The molecule has 0 bridgehead atoms. The van der Waals surface area contributed by atoms with Gasteiger partial charge in [-0.15, -0.1) is 0 Å². The molecule has 1 amide bonds. The third-order valence-electron chi connectivity index (χ3n) is 2.43. The molecule has 0 radical (unpaired) electrons. The van der Waals surface area contributed by atoms with E-state index in [-0.39, 0.29) is 23.7 Å². The smallest absolute Gasteiger partial charge is 0.247 e. The quantitative estimate of drug-likeness (QED) is 0.826. The standard InChI is InChI=1S/C11H15BrN2O4S/c1-3-14(7-11(13)15)19(16,17)10-6-8(12)4-5-9(10)18-2/h4-6H,3,7H2,1-2H3,(H2,13,15). The van der Waals surface area contributed by atoms with Crippen molar-refractivity contribution in [3.63, 3.8) is 0 Å². The van der Waals surface area contributed by atoms with Crippen LogP contribution in [0.1, 0.15) is 6.92 Å². The highest BCUT2D eigenvalue weighted by Crippen LogP contribution is 2.29. The average molecular weight is 351 g/mol. The number of rotatable bonds is 6. The van der Waals surface area contributed by atoms with E-state index in [0.29, 0.717) is 4.47 Å². The minimum absolute atomic E-state index is 0.00697. The fraction of sp³-hybridized carbons (Fsp3) is 0.364. The second-order valence-corrected chi connectivity index (χ2v) is 6.51. The summed E-state index contributed by atoms with van der Waals surface area (Å²) < 4.78 is 31.5. The molecular weight excluding hydrogens is 336 g/mol. The van der Waals surface area contributed by atoms with Crippen molar-refractivity contribution in [2.24, 2.45) is 5.73 Å². The van der Waals surface area contributed by atoms with Crippen LogP contribution in [-0.2, 0) is 14.8 Å². The number of nitrogens with zero attached hydrogens (tertiary/aromatic N) is 1. The topological polar surface area (TPSA) is 89.7 Å². The summed E-state index contributed by atoms with van der Waals surface area (Å²) >= 11 is 3.21. The molecule has 0 heterocycles. The van der Waals surface area contributed by atoms with Crippen LogP contribution in [0.5, 0.6) is 5.75 Å². The summed E-state index contributed by atoms with van der Waals surface area (Å²) in [6, 6.07) is 4.63. The molecule has 1 rings (SSSR count). The third kappa shape index (κ3) is 3.68. The van der Waals surface area contributed by atoms with Crippen LogP contribution in [0.3, 0.4) is 0 Å². The number of primary amides is 1.